The summed E-state index contributed by atoms with van der Waals surface area (Å²) in [5, 5.41) is 8.18. The second-order valence-corrected chi connectivity index (χ2v) is 5.51. The third kappa shape index (κ3) is 3.87. The van der Waals surface area contributed by atoms with Crippen LogP contribution >= 0.6 is 0 Å². The predicted molar refractivity (Wildman–Crippen MR) is 82.9 cm³/mol. The molecule has 0 bridgehead atoms. The molecule has 7 heteroatoms. The Bertz CT molecular complexity index is 644. The van der Waals surface area contributed by atoms with Crippen LogP contribution in [0.2, 0.25) is 0 Å². The first-order chi connectivity index (χ1) is 11.3. The fourth-order valence-electron chi connectivity index (χ4n) is 2.64. The number of amides is 1. The minimum Gasteiger partial charge on any atom is -0.484 e. The minimum atomic E-state index is -0.00594. The predicted octanol–water partition coefficient (Wildman–Crippen LogP) is 1.28. The van der Waals surface area contributed by atoms with Crippen molar-refractivity contribution in [1.29, 1.82) is 0 Å². The van der Waals surface area contributed by atoms with Gasteiger partial charge in [-0.15, -0.1) is 5.10 Å². The summed E-state index contributed by atoms with van der Waals surface area (Å²) in [7, 11) is 1.63. The molecular formula is C16H20N4O3. The van der Waals surface area contributed by atoms with E-state index in [1.54, 1.807) is 7.11 Å². The van der Waals surface area contributed by atoms with E-state index in [9.17, 15) is 4.79 Å². The Labute approximate surface area is 134 Å². The van der Waals surface area contributed by atoms with E-state index < -0.39 is 0 Å². The summed E-state index contributed by atoms with van der Waals surface area (Å²) in [4.78, 5) is 14.0. The maximum atomic E-state index is 12.2. The number of aromatic nitrogens is 3. The highest BCUT2D eigenvalue weighted by atomic mass is 16.5. The number of likely N-dealkylation sites (tertiary alicyclic amines) is 1. The van der Waals surface area contributed by atoms with Crippen molar-refractivity contribution in [1.82, 2.24) is 19.9 Å². The zero-order chi connectivity index (χ0) is 16.1. The number of hydrogen-bond acceptors (Lipinski definition) is 5. The third-order valence-electron chi connectivity index (χ3n) is 3.85. The summed E-state index contributed by atoms with van der Waals surface area (Å²) >= 11 is 0. The van der Waals surface area contributed by atoms with Crippen LogP contribution in [0.1, 0.15) is 18.2 Å². The number of benzene rings is 1. The zero-order valence-electron chi connectivity index (χ0n) is 13.1. The molecule has 1 unspecified atom stereocenters. The number of carbonyl (C=O) groups is 1. The molecular weight excluding hydrogens is 296 g/mol. The van der Waals surface area contributed by atoms with Crippen LogP contribution in [0.15, 0.2) is 36.5 Å². The van der Waals surface area contributed by atoms with Gasteiger partial charge < -0.3 is 14.4 Å². The lowest BCUT2D eigenvalue weighted by atomic mass is 10.3. The number of ether oxygens (including phenoxy) is 2. The highest BCUT2D eigenvalue weighted by molar-refractivity contribution is 5.78. The van der Waals surface area contributed by atoms with Crippen molar-refractivity contribution in [3.05, 3.63) is 42.2 Å². The molecule has 1 aromatic carbocycles. The van der Waals surface area contributed by atoms with E-state index in [0.717, 1.165) is 12.1 Å². The quantitative estimate of drug-likeness (QED) is 0.803. The second kappa shape index (κ2) is 7.23. The summed E-state index contributed by atoms with van der Waals surface area (Å²) < 4.78 is 12.4. The van der Waals surface area contributed by atoms with Gasteiger partial charge in [-0.25, -0.2) is 4.68 Å². The molecule has 1 aliphatic heterocycles. The molecule has 3 rings (SSSR count). The van der Waals surface area contributed by atoms with Gasteiger partial charge in [0, 0.05) is 20.2 Å². The number of rotatable bonds is 6. The standard InChI is InChI=1S/C16H20N4O3/c1-22-11-13-9-20(18-17-13)14-7-8-19(10-14)16(21)12-23-15-5-3-2-4-6-15/h2-6,9,14H,7-8,10-12H2,1H3. The fraction of sp³-hybridized carbons (Fsp3) is 0.438. The highest BCUT2D eigenvalue weighted by Crippen LogP contribution is 2.21. The van der Waals surface area contributed by atoms with Gasteiger partial charge in [-0.2, -0.15) is 0 Å². The van der Waals surface area contributed by atoms with Gasteiger partial charge in [0.05, 0.1) is 18.8 Å². The lowest BCUT2D eigenvalue weighted by Crippen LogP contribution is -2.33. The molecule has 2 heterocycles. The first-order valence-electron chi connectivity index (χ1n) is 7.61. The van der Waals surface area contributed by atoms with Crippen LogP contribution in [-0.2, 0) is 16.1 Å². The van der Waals surface area contributed by atoms with Gasteiger partial charge in [0.2, 0.25) is 0 Å². The SMILES string of the molecule is COCc1cn(C2CCN(C(=O)COc3ccccc3)C2)nn1. The lowest BCUT2D eigenvalue weighted by molar-refractivity contribution is -0.132. The van der Waals surface area contributed by atoms with Crippen molar-refractivity contribution in [3.8, 4) is 5.75 Å². The Morgan fingerprint density at radius 1 is 1.35 bits per heavy atom. The largest absolute Gasteiger partial charge is 0.484 e. The molecule has 0 radical (unpaired) electrons. The van der Waals surface area contributed by atoms with Gasteiger partial charge in [0.15, 0.2) is 6.61 Å². The van der Waals surface area contributed by atoms with Gasteiger partial charge in [0.1, 0.15) is 11.4 Å². The van der Waals surface area contributed by atoms with Gasteiger partial charge in [-0.3, -0.25) is 4.79 Å². The summed E-state index contributed by atoms with van der Waals surface area (Å²) in [6.07, 6.45) is 2.75. The van der Waals surface area contributed by atoms with Crippen LogP contribution in [0, 0.1) is 0 Å². The van der Waals surface area contributed by atoms with E-state index in [1.807, 2.05) is 46.1 Å². The topological polar surface area (TPSA) is 69.5 Å². The van der Waals surface area contributed by atoms with Gasteiger partial charge in [-0.1, -0.05) is 23.4 Å². The van der Waals surface area contributed by atoms with Gasteiger partial charge >= 0.3 is 0 Å². The summed E-state index contributed by atoms with van der Waals surface area (Å²) in [5.41, 5.74) is 0.796. The van der Waals surface area contributed by atoms with Crippen LogP contribution in [-0.4, -0.2) is 52.6 Å². The van der Waals surface area contributed by atoms with E-state index in [2.05, 4.69) is 10.3 Å². The average molecular weight is 316 g/mol. The zero-order valence-corrected chi connectivity index (χ0v) is 13.1. The molecule has 7 nitrogen and oxygen atoms in total. The molecule has 1 aromatic heterocycles. The second-order valence-electron chi connectivity index (χ2n) is 5.51. The highest BCUT2D eigenvalue weighted by Gasteiger charge is 2.28. The van der Waals surface area contributed by atoms with Gasteiger partial charge in [0.25, 0.3) is 5.91 Å². The molecule has 1 atom stereocenters. The van der Waals surface area contributed by atoms with Gasteiger partial charge in [-0.05, 0) is 18.6 Å². The smallest absolute Gasteiger partial charge is 0.260 e. The van der Waals surface area contributed by atoms with E-state index in [1.165, 1.54) is 0 Å². The first kappa shape index (κ1) is 15.5. The number of nitrogens with zero attached hydrogens (tertiary/aromatic N) is 4. The van der Waals surface area contributed by atoms with Crippen molar-refractivity contribution in [2.24, 2.45) is 0 Å². The number of hydrogen-bond donors (Lipinski definition) is 0. The van der Waals surface area contributed by atoms with Crippen molar-refractivity contribution in [2.45, 2.75) is 19.1 Å². The molecule has 122 valence electrons. The molecule has 23 heavy (non-hydrogen) atoms. The van der Waals surface area contributed by atoms with E-state index in [-0.39, 0.29) is 18.6 Å². The van der Waals surface area contributed by atoms with E-state index >= 15 is 0 Å². The minimum absolute atomic E-state index is 0.00594. The molecule has 1 amide bonds. The Kier molecular flexibility index (Phi) is 4.87. The Morgan fingerprint density at radius 3 is 2.96 bits per heavy atom. The van der Waals surface area contributed by atoms with Crippen molar-refractivity contribution < 1.29 is 14.3 Å². The van der Waals surface area contributed by atoms with E-state index in [4.69, 9.17) is 9.47 Å². The first-order valence-corrected chi connectivity index (χ1v) is 7.61. The van der Waals surface area contributed by atoms with E-state index in [0.29, 0.717) is 25.4 Å². The van der Waals surface area contributed by atoms with Crippen LogP contribution in [0.25, 0.3) is 0 Å². The van der Waals surface area contributed by atoms with Crippen LogP contribution < -0.4 is 4.74 Å². The molecule has 0 N–H and O–H groups in total. The fourth-order valence-corrected chi connectivity index (χ4v) is 2.64. The van der Waals surface area contributed by atoms with Crippen molar-refractivity contribution in [2.75, 3.05) is 26.8 Å². The molecule has 0 aliphatic carbocycles. The monoisotopic (exact) mass is 316 g/mol. The molecule has 0 saturated carbocycles. The molecule has 1 aliphatic rings. The molecule has 1 saturated heterocycles. The summed E-state index contributed by atoms with van der Waals surface area (Å²) in [6.45, 7) is 1.84. The lowest BCUT2D eigenvalue weighted by Gasteiger charge is -2.16. The van der Waals surface area contributed by atoms with Crippen LogP contribution in [0.5, 0.6) is 5.75 Å². The number of carbonyl (C=O) groups excluding carboxylic acids is 1. The Balaban J connectivity index is 1.51. The Hall–Kier alpha value is -2.41. The van der Waals surface area contributed by atoms with Crippen LogP contribution in [0.3, 0.4) is 0 Å². The average Bonchev–Trinajstić information content (AvgIpc) is 3.23. The normalized spacial score (nSPS) is 17.4. The number of para-hydroxylation sites is 1. The maximum Gasteiger partial charge on any atom is 0.260 e. The van der Waals surface area contributed by atoms with Crippen molar-refractivity contribution >= 4 is 5.91 Å². The summed E-state index contributed by atoms with van der Waals surface area (Å²) in [6, 6.07) is 9.52. The Morgan fingerprint density at radius 2 is 2.17 bits per heavy atom. The van der Waals surface area contributed by atoms with Crippen LogP contribution in [0.4, 0.5) is 0 Å². The summed E-state index contributed by atoms with van der Waals surface area (Å²) in [5.74, 6) is 0.700. The third-order valence-corrected chi connectivity index (χ3v) is 3.85. The maximum absolute atomic E-state index is 12.2. The number of methoxy groups -OCH3 is 1. The van der Waals surface area contributed by atoms with Crippen molar-refractivity contribution in [3.63, 3.8) is 0 Å². The molecule has 0 spiro atoms. The molecule has 2 aromatic rings. The molecule has 1 fully saturated rings.